The maximum absolute atomic E-state index is 12.5. The molecule has 5 rings (SSSR count). The Balaban J connectivity index is 1.30. The van der Waals surface area contributed by atoms with Gasteiger partial charge in [-0.15, -0.1) is 4.52 Å². The van der Waals surface area contributed by atoms with Crippen molar-refractivity contribution >= 4 is 36.0 Å². The second kappa shape index (κ2) is 8.29. The number of fused-ring (bicyclic) bond motifs is 2. The van der Waals surface area contributed by atoms with Crippen molar-refractivity contribution in [2.45, 2.75) is 31.0 Å². The Hall–Kier alpha value is -3.21. The maximum atomic E-state index is 12.5. The van der Waals surface area contributed by atoms with Crippen molar-refractivity contribution in [2.24, 2.45) is 0 Å². The highest BCUT2D eigenvalue weighted by atomic mass is 31.1. The molecule has 4 N–H and O–H groups in total. The summed E-state index contributed by atoms with van der Waals surface area (Å²) >= 11 is 0. The van der Waals surface area contributed by atoms with Gasteiger partial charge in [-0.1, -0.05) is 36.4 Å². The molecule has 4 aromatic rings. The van der Waals surface area contributed by atoms with Crippen LogP contribution in [0.5, 0.6) is 5.75 Å². The molecule has 1 fully saturated rings. The lowest BCUT2D eigenvalue weighted by molar-refractivity contribution is -0.0947. The first kappa shape index (κ1) is 21.6. The van der Waals surface area contributed by atoms with Crippen molar-refractivity contribution in [2.75, 3.05) is 12.3 Å². The van der Waals surface area contributed by atoms with Crippen LogP contribution in [0.2, 0.25) is 0 Å². The molecule has 0 bridgehead atoms. The summed E-state index contributed by atoms with van der Waals surface area (Å²) in [4.78, 5) is 12.2. The van der Waals surface area contributed by atoms with E-state index in [0.29, 0.717) is 16.9 Å². The number of rotatable bonds is 6. The van der Waals surface area contributed by atoms with E-state index < -0.39 is 32.3 Å². The minimum atomic E-state index is -2.57. The highest BCUT2D eigenvalue weighted by molar-refractivity contribution is 7.33. The van der Waals surface area contributed by atoms with E-state index in [1.54, 1.807) is 12.1 Å². The molecule has 1 saturated heterocycles. The summed E-state index contributed by atoms with van der Waals surface area (Å²) in [5.74, 6) is 0.591. The summed E-state index contributed by atoms with van der Waals surface area (Å²) in [6.07, 6.45) is -0.713. The quantitative estimate of drug-likeness (QED) is 0.358. The van der Waals surface area contributed by atoms with Crippen LogP contribution in [0.3, 0.4) is 0 Å². The fourth-order valence-electron chi connectivity index (χ4n) is 3.94. The van der Waals surface area contributed by atoms with Crippen LogP contribution in [-0.4, -0.2) is 54.1 Å². The number of hydrogen-bond acceptors (Lipinski definition) is 10. The number of nitrogens with two attached hydrogens (primary N) is 1. The van der Waals surface area contributed by atoms with Crippen LogP contribution >= 0.6 is 8.25 Å². The molecule has 1 aliphatic heterocycles. The molecule has 0 amide bonds. The molecule has 3 unspecified atom stereocenters. The third kappa shape index (κ3) is 3.79. The molecule has 11 nitrogen and oxygen atoms in total. The summed E-state index contributed by atoms with van der Waals surface area (Å²) < 4.78 is 30.6. The van der Waals surface area contributed by atoms with E-state index in [-0.39, 0.29) is 12.4 Å². The lowest BCUT2D eigenvalue weighted by atomic mass is 9.96. The van der Waals surface area contributed by atoms with Gasteiger partial charge >= 0.3 is 8.25 Å². The number of anilines is 1. The average molecular weight is 470 g/mol. The molecular formula is C21H21N5O6P+. The second-order valence-electron chi connectivity index (χ2n) is 7.87. The van der Waals surface area contributed by atoms with Gasteiger partial charge in [0.15, 0.2) is 23.4 Å². The minimum Gasteiger partial charge on any atom is -0.387 e. The monoisotopic (exact) mass is 470 g/mol. The van der Waals surface area contributed by atoms with Gasteiger partial charge in [0.05, 0.1) is 6.33 Å². The van der Waals surface area contributed by atoms with Crippen LogP contribution in [-0.2, 0) is 13.8 Å². The molecule has 33 heavy (non-hydrogen) atoms. The number of ether oxygens (including phenoxy) is 1. The molecule has 2 aromatic carbocycles. The van der Waals surface area contributed by atoms with Gasteiger partial charge < -0.3 is 20.7 Å². The van der Waals surface area contributed by atoms with Crippen molar-refractivity contribution < 1.29 is 28.6 Å². The van der Waals surface area contributed by atoms with Crippen LogP contribution < -0.4 is 10.3 Å². The maximum Gasteiger partial charge on any atom is 0.750 e. The Morgan fingerprint density at radius 1 is 1.21 bits per heavy atom. The minimum absolute atomic E-state index is 0.180. The van der Waals surface area contributed by atoms with E-state index in [4.69, 9.17) is 19.5 Å². The first-order chi connectivity index (χ1) is 15.9. The standard InChI is InChI=1S/C21H21N5O6P/c1-21(28)17(27)15(31-20(21)26-11-25-16-18(22)23-10-24-19(16)26)9-30-33(29)32-14-8-4-6-12-5-2-3-7-13(12)14/h2-8,10-11,15,17,20,27-28H,9H2,1H3,(H2,22,23,24)/q+1/t15-,17?,20-,21?/m1/s1. The summed E-state index contributed by atoms with van der Waals surface area (Å²) in [5.41, 5.74) is 4.79. The fourth-order valence-corrected chi connectivity index (χ4v) is 4.58. The van der Waals surface area contributed by atoms with Crippen molar-refractivity contribution in [1.29, 1.82) is 0 Å². The van der Waals surface area contributed by atoms with E-state index in [2.05, 4.69) is 15.0 Å². The summed E-state index contributed by atoms with van der Waals surface area (Å²) in [7, 11) is -2.57. The Morgan fingerprint density at radius 3 is 2.85 bits per heavy atom. The molecule has 0 aliphatic carbocycles. The summed E-state index contributed by atoms with van der Waals surface area (Å²) in [6.45, 7) is 1.14. The smallest absolute Gasteiger partial charge is 0.387 e. The summed E-state index contributed by atoms with van der Waals surface area (Å²) in [6, 6.07) is 12.9. The molecule has 0 saturated carbocycles. The number of imidazole rings is 1. The number of aromatic nitrogens is 4. The van der Waals surface area contributed by atoms with Crippen molar-refractivity contribution in [3.05, 3.63) is 55.1 Å². The Kier molecular flexibility index (Phi) is 5.43. The van der Waals surface area contributed by atoms with E-state index in [9.17, 15) is 14.8 Å². The number of nitrogens with zero attached hydrogens (tertiary/aromatic N) is 4. The molecule has 170 valence electrons. The first-order valence-corrected chi connectivity index (χ1v) is 11.2. The zero-order valence-corrected chi connectivity index (χ0v) is 18.4. The van der Waals surface area contributed by atoms with Gasteiger partial charge in [0.25, 0.3) is 0 Å². The molecule has 5 atom stereocenters. The van der Waals surface area contributed by atoms with E-state index >= 15 is 0 Å². The largest absolute Gasteiger partial charge is 0.750 e. The predicted molar refractivity (Wildman–Crippen MR) is 118 cm³/mol. The number of nitrogen functional groups attached to an aromatic ring is 1. The van der Waals surface area contributed by atoms with Gasteiger partial charge in [0.2, 0.25) is 0 Å². The number of aliphatic hydroxyl groups is 2. The third-order valence-corrected chi connectivity index (χ3v) is 6.37. The van der Waals surface area contributed by atoms with Gasteiger partial charge in [-0.2, -0.15) is 0 Å². The zero-order valence-electron chi connectivity index (χ0n) is 17.5. The SMILES string of the molecule is CC1(O)C(O)[C@@H](CO[P+](=O)Oc2cccc3ccccc23)O[C@H]1n1cnc2c(N)ncnc21. The van der Waals surface area contributed by atoms with Gasteiger partial charge in [-0.3, -0.25) is 4.57 Å². The predicted octanol–water partition coefficient (Wildman–Crippen LogP) is 2.32. The number of aliphatic hydroxyl groups excluding tert-OH is 1. The zero-order chi connectivity index (χ0) is 23.2. The van der Waals surface area contributed by atoms with Gasteiger partial charge in [-0.25, -0.2) is 19.5 Å². The Bertz CT molecular complexity index is 1340. The van der Waals surface area contributed by atoms with Crippen LogP contribution in [0.4, 0.5) is 5.82 Å². The van der Waals surface area contributed by atoms with Gasteiger partial charge in [0.1, 0.15) is 36.3 Å². The third-order valence-electron chi connectivity index (χ3n) is 5.66. The van der Waals surface area contributed by atoms with Crippen LogP contribution in [0.1, 0.15) is 13.2 Å². The van der Waals surface area contributed by atoms with Crippen LogP contribution in [0, 0.1) is 0 Å². The van der Waals surface area contributed by atoms with Crippen molar-refractivity contribution in [3.8, 4) is 5.75 Å². The Labute approximate surface area is 188 Å². The average Bonchev–Trinajstić information content (AvgIpc) is 3.32. The van der Waals surface area contributed by atoms with Crippen molar-refractivity contribution in [1.82, 2.24) is 19.5 Å². The number of benzene rings is 2. The highest BCUT2D eigenvalue weighted by Crippen LogP contribution is 2.41. The van der Waals surface area contributed by atoms with E-state index in [1.165, 1.54) is 24.1 Å². The van der Waals surface area contributed by atoms with E-state index in [0.717, 1.165) is 10.8 Å². The van der Waals surface area contributed by atoms with Gasteiger partial charge in [0, 0.05) is 9.95 Å². The fraction of sp³-hybridized carbons (Fsp3) is 0.286. The van der Waals surface area contributed by atoms with Crippen molar-refractivity contribution in [3.63, 3.8) is 0 Å². The molecule has 3 heterocycles. The molecular weight excluding hydrogens is 449 g/mol. The molecule has 0 radical (unpaired) electrons. The van der Waals surface area contributed by atoms with Crippen LogP contribution in [0.15, 0.2) is 55.1 Å². The second-order valence-corrected chi connectivity index (χ2v) is 8.76. The Morgan fingerprint density at radius 2 is 2.00 bits per heavy atom. The summed E-state index contributed by atoms with van der Waals surface area (Å²) in [5, 5.41) is 23.4. The van der Waals surface area contributed by atoms with E-state index in [1.807, 2.05) is 30.3 Å². The highest BCUT2D eigenvalue weighted by Gasteiger charge is 2.54. The van der Waals surface area contributed by atoms with Crippen LogP contribution in [0.25, 0.3) is 21.9 Å². The molecule has 1 aliphatic rings. The number of hydrogen-bond donors (Lipinski definition) is 3. The van der Waals surface area contributed by atoms with Gasteiger partial charge in [-0.05, 0) is 18.4 Å². The molecule has 0 spiro atoms. The molecule has 2 aromatic heterocycles. The lowest BCUT2D eigenvalue weighted by Gasteiger charge is -2.27. The topological polar surface area (TPSA) is 155 Å². The lowest BCUT2D eigenvalue weighted by Crippen LogP contribution is -2.44. The normalized spacial score (nSPS) is 25.5. The first-order valence-electron chi connectivity index (χ1n) is 10.1. The molecule has 12 heteroatoms.